The number of ether oxygens (including phenoxy) is 1. The van der Waals surface area contributed by atoms with Crippen LogP contribution in [0.4, 0.5) is 0 Å². The fourth-order valence-electron chi connectivity index (χ4n) is 3.80. The van der Waals surface area contributed by atoms with Crippen molar-refractivity contribution >= 4 is 17.2 Å². The Labute approximate surface area is 158 Å². The molecule has 6 heteroatoms. The van der Waals surface area contributed by atoms with Gasteiger partial charge in [0.05, 0.1) is 17.3 Å². The van der Waals surface area contributed by atoms with Crippen molar-refractivity contribution < 1.29 is 9.53 Å². The molecule has 1 fully saturated rings. The average Bonchev–Trinajstić information content (AvgIpc) is 2.94. The van der Waals surface area contributed by atoms with E-state index >= 15 is 0 Å². The van der Waals surface area contributed by atoms with Crippen LogP contribution < -0.4 is 4.74 Å². The number of aryl methyl sites for hydroxylation is 1. The summed E-state index contributed by atoms with van der Waals surface area (Å²) in [7, 11) is 0. The van der Waals surface area contributed by atoms with Crippen molar-refractivity contribution in [2.75, 3.05) is 32.8 Å². The molecule has 2 aliphatic rings. The number of carbonyl (C=O) groups is 1. The molecule has 0 saturated carbocycles. The lowest BCUT2D eigenvalue weighted by molar-refractivity contribution is -0.137. The quantitative estimate of drug-likeness (QED) is 0.832. The number of fused-ring (bicyclic) bond motifs is 1. The van der Waals surface area contributed by atoms with Gasteiger partial charge in [-0.3, -0.25) is 9.69 Å². The predicted molar refractivity (Wildman–Crippen MR) is 102 cm³/mol. The monoisotopic (exact) mass is 371 g/mol. The number of hydrogen-bond donors (Lipinski definition) is 0. The Hall–Kier alpha value is -1.92. The smallest absolute Gasteiger partial charge is 0.226 e. The van der Waals surface area contributed by atoms with Crippen molar-refractivity contribution in [3.05, 3.63) is 45.9 Å². The minimum absolute atomic E-state index is 0.0337. The Morgan fingerprint density at radius 1 is 1.27 bits per heavy atom. The number of amides is 1. The summed E-state index contributed by atoms with van der Waals surface area (Å²) in [5.41, 5.74) is 2.30. The number of benzene rings is 1. The van der Waals surface area contributed by atoms with Gasteiger partial charge in [0, 0.05) is 44.0 Å². The van der Waals surface area contributed by atoms with Crippen LogP contribution in [-0.2, 0) is 17.8 Å². The molecular weight excluding hydrogens is 346 g/mol. The number of rotatable bonds is 3. The van der Waals surface area contributed by atoms with Crippen molar-refractivity contribution in [1.29, 1.82) is 0 Å². The van der Waals surface area contributed by atoms with E-state index in [1.54, 1.807) is 11.3 Å². The summed E-state index contributed by atoms with van der Waals surface area (Å²) in [5.74, 6) is 1.26. The van der Waals surface area contributed by atoms with Gasteiger partial charge in [-0.2, -0.15) is 0 Å². The summed E-state index contributed by atoms with van der Waals surface area (Å²) in [4.78, 5) is 22.0. The molecule has 138 valence electrons. The minimum Gasteiger partial charge on any atom is -0.493 e. The lowest BCUT2D eigenvalue weighted by Gasteiger charge is -2.36. The Bertz CT molecular complexity index is 768. The summed E-state index contributed by atoms with van der Waals surface area (Å²) in [5, 5.41) is 3.25. The minimum atomic E-state index is 0.0337. The molecule has 1 amide bonds. The fourth-order valence-corrected chi connectivity index (χ4v) is 4.40. The molecule has 1 aromatic carbocycles. The Morgan fingerprint density at radius 2 is 2.08 bits per heavy atom. The zero-order valence-electron chi connectivity index (χ0n) is 15.2. The van der Waals surface area contributed by atoms with Crippen molar-refractivity contribution in [3.8, 4) is 5.75 Å². The number of piperazine rings is 1. The average molecular weight is 372 g/mol. The molecular formula is C20H25N3O2S. The Kier molecular flexibility index (Phi) is 5.22. The molecule has 3 heterocycles. The van der Waals surface area contributed by atoms with Crippen LogP contribution in [0.2, 0.25) is 0 Å². The van der Waals surface area contributed by atoms with E-state index in [0.717, 1.165) is 67.6 Å². The molecule has 0 spiro atoms. The third kappa shape index (κ3) is 3.91. The van der Waals surface area contributed by atoms with Crippen LogP contribution in [0.25, 0.3) is 0 Å². The first-order valence-corrected chi connectivity index (χ1v) is 10.2. The highest BCUT2D eigenvalue weighted by atomic mass is 32.1. The van der Waals surface area contributed by atoms with Crippen molar-refractivity contribution in [1.82, 2.24) is 14.8 Å². The van der Waals surface area contributed by atoms with Gasteiger partial charge in [0.15, 0.2) is 0 Å². The SMILES string of the molecule is Cc1nc(CN2CCN(C(=O)[C@H]3CCOc4ccccc4C3)CC2)cs1. The maximum Gasteiger partial charge on any atom is 0.226 e. The van der Waals surface area contributed by atoms with Crippen molar-refractivity contribution in [2.45, 2.75) is 26.3 Å². The molecule has 2 aliphatic heterocycles. The van der Waals surface area contributed by atoms with Gasteiger partial charge in [-0.25, -0.2) is 4.98 Å². The van der Waals surface area contributed by atoms with Gasteiger partial charge in [-0.15, -0.1) is 11.3 Å². The van der Waals surface area contributed by atoms with Gasteiger partial charge in [0.1, 0.15) is 5.75 Å². The van der Waals surface area contributed by atoms with Crippen LogP contribution >= 0.6 is 11.3 Å². The third-order valence-electron chi connectivity index (χ3n) is 5.25. The number of nitrogens with zero attached hydrogens (tertiary/aromatic N) is 3. The van der Waals surface area contributed by atoms with Crippen LogP contribution in [-0.4, -0.2) is 53.5 Å². The maximum absolute atomic E-state index is 13.0. The van der Waals surface area contributed by atoms with Gasteiger partial charge in [-0.1, -0.05) is 18.2 Å². The molecule has 2 aromatic rings. The molecule has 0 bridgehead atoms. The lowest BCUT2D eigenvalue weighted by atomic mass is 9.95. The summed E-state index contributed by atoms with van der Waals surface area (Å²) in [6.45, 7) is 7.00. The number of para-hydroxylation sites is 1. The summed E-state index contributed by atoms with van der Waals surface area (Å²) in [6, 6.07) is 8.09. The molecule has 1 saturated heterocycles. The van der Waals surface area contributed by atoms with Crippen LogP contribution in [0, 0.1) is 12.8 Å². The van der Waals surface area contributed by atoms with Crippen molar-refractivity contribution in [3.63, 3.8) is 0 Å². The van der Waals surface area contributed by atoms with E-state index in [0.29, 0.717) is 6.61 Å². The molecule has 5 nitrogen and oxygen atoms in total. The third-order valence-corrected chi connectivity index (χ3v) is 6.07. The van der Waals surface area contributed by atoms with E-state index in [2.05, 4.69) is 21.3 Å². The topological polar surface area (TPSA) is 45.7 Å². The number of aromatic nitrogens is 1. The molecule has 4 rings (SSSR count). The first-order chi connectivity index (χ1) is 12.7. The summed E-state index contributed by atoms with van der Waals surface area (Å²) < 4.78 is 5.82. The van der Waals surface area contributed by atoms with Crippen LogP contribution in [0.15, 0.2) is 29.6 Å². The highest BCUT2D eigenvalue weighted by Crippen LogP contribution is 2.28. The molecule has 0 unspecified atom stereocenters. The molecule has 1 aromatic heterocycles. The number of hydrogen-bond acceptors (Lipinski definition) is 5. The second-order valence-corrected chi connectivity index (χ2v) is 8.17. The van der Waals surface area contributed by atoms with Crippen LogP contribution in [0.1, 0.15) is 22.7 Å². The molecule has 1 atom stereocenters. The highest BCUT2D eigenvalue weighted by molar-refractivity contribution is 7.09. The fraction of sp³-hybridized carbons (Fsp3) is 0.500. The van der Waals surface area contributed by atoms with E-state index < -0.39 is 0 Å². The summed E-state index contributed by atoms with van der Waals surface area (Å²) >= 11 is 1.70. The van der Waals surface area contributed by atoms with E-state index in [9.17, 15) is 4.79 Å². The maximum atomic E-state index is 13.0. The molecule has 0 N–H and O–H groups in total. The lowest BCUT2D eigenvalue weighted by Crippen LogP contribution is -2.50. The number of carbonyl (C=O) groups excluding carboxylic acids is 1. The first kappa shape index (κ1) is 17.5. The largest absolute Gasteiger partial charge is 0.493 e. The first-order valence-electron chi connectivity index (χ1n) is 9.32. The predicted octanol–water partition coefficient (Wildman–Crippen LogP) is 2.74. The molecule has 0 radical (unpaired) electrons. The van der Waals surface area contributed by atoms with Crippen molar-refractivity contribution in [2.24, 2.45) is 5.92 Å². The van der Waals surface area contributed by atoms with Crippen LogP contribution in [0.5, 0.6) is 5.75 Å². The Morgan fingerprint density at radius 3 is 2.85 bits per heavy atom. The Balaban J connectivity index is 1.33. The van der Waals surface area contributed by atoms with E-state index in [4.69, 9.17) is 4.74 Å². The zero-order chi connectivity index (χ0) is 17.9. The number of thiazole rings is 1. The van der Waals surface area contributed by atoms with Gasteiger partial charge in [0.25, 0.3) is 0 Å². The standard InChI is InChI=1S/C20H25N3O2S/c1-15-21-18(14-26-15)13-22-7-9-23(10-8-22)20(24)17-6-11-25-19-5-3-2-4-16(19)12-17/h2-5,14,17H,6-13H2,1H3/t17-/m0/s1. The zero-order valence-corrected chi connectivity index (χ0v) is 16.0. The van der Waals surface area contributed by atoms with Gasteiger partial charge < -0.3 is 9.64 Å². The second kappa shape index (κ2) is 7.76. The van der Waals surface area contributed by atoms with E-state index in [1.165, 1.54) is 0 Å². The van der Waals surface area contributed by atoms with Gasteiger partial charge >= 0.3 is 0 Å². The van der Waals surface area contributed by atoms with E-state index in [-0.39, 0.29) is 11.8 Å². The highest BCUT2D eigenvalue weighted by Gasteiger charge is 2.29. The van der Waals surface area contributed by atoms with E-state index in [1.807, 2.05) is 30.0 Å². The van der Waals surface area contributed by atoms with Gasteiger partial charge in [-0.05, 0) is 31.4 Å². The molecule has 0 aliphatic carbocycles. The summed E-state index contributed by atoms with van der Waals surface area (Å²) in [6.07, 6.45) is 1.58. The normalized spacial score (nSPS) is 21.0. The van der Waals surface area contributed by atoms with Crippen LogP contribution in [0.3, 0.4) is 0 Å². The second-order valence-electron chi connectivity index (χ2n) is 7.11. The van der Waals surface area contributed by atoms with Gasteiger partial charge in [0.2, 0.25) is 5.91 Å². The molecule has 26 heavy (non-hydrogen) atoms.